The molecule has 4 rings (SSSR count). The maximum absolute atomic E-state index is 12.6. The van der Waals surface area contributed by atoms with Crippen molar-refractivity contribution in [1.82, 2.24) is 15.3 Å². The normalized spacial score (nSPS) is 17.2. The average molecular weight is 401 g/mol. The number of nitrogens with one attached hydrogen (secondary N) is 1. The van der Waals surface area contributed by atoms with Crippen molar-refractivity contribution in [3.05, 3.63) is 53.2 Å². The zero-order valence-electron chi connectivity index (χ0n) is 14.9. The van der Waals surface area contributed by atoms with E-state index in [-0.39, 0.29) is 11.8 Å². The Labute approximate surface area is 167 Å². The van der Waals surface area contributed by atoms with Crippen LogP contribution in [0.4, 0.5) is 5.13 Å². The van der Waals surface area contributed by atoms with Crippen LogP contribution in [-0.4, -0.2) is 35.5 Å². The number of anilines is 1. The first-order valence-electron chi connectivity index (χ1n) is 9.18. The van der Waals surface area contributed by atoms with Crippen molar-refractivity contribution < 1.29 is 4.79 Å². The van der Waals surface area contributed by atoms with Gasteiger partial charge in [0.25, 0.3) is 0 Å². The number of rotatable bonds is 5. The number of carbonyl (C=O) groups excluding carboxylic acids is 1. The lowest BCUT2D eigenvalue weighted by molar-refractivity contribution is -0.125. The van der Waals surface area contributed by atoms with Crippen molar-refractivity contribution in [3.63, 3.8) is 0 Å². The van der Waals surface area contributed by atoms with Crippen LogP contribution in [0.3, 0.4) is 0 Å². The smallest absolute Gasteiger partial charge is 0.224 e. The molecule has 27 heavy (non-hydrogen) atoms. The van der Waals surface area contributed by atoms with Crippen LogP contribution in [0.1, 0.15) is 18.4 Å². The Balaban J connectivity index is 1.33. The second-order valence-corrected chi connectivity index (χ2v) is 8.17. The van der Waals surface area contributed by atoms with E-state index < -0.39 is 0 Å². The van der Waals surface area contributed by atoms with E-state index in [1.807, 2.05) is 36.4 Å². The molecule has 1 amide bonds. The molecule has 1 fully saturated rings. The van der Waals surface area contributed by atoms with Gasteiger partial charge in [-0.05, 0) is 49.1 Å². The lowest BCUT2D eigenvalue weighted by atomic mass is 9.97. The first-order chi connectivity index (χ1) is 13.2. The third kappa shape index (κ3) is 4.39. The molecule has 0 spiro atoms. The Kier molecular flexibility index (Phi) is 5.55. The molecule has 5 nitrogen and oxygen atoms in total. The molecule has 0 bridgehead atoms. The van der Waals surface area contributed by atoms with E-state index in [4.69, 9.17) is 11.6 Å². The van der Waals surface area contributed by atoms with E-state index in [2.05, 4.69) is 20.2 Å². The molecule has 0 aliphatic carbocycles. The Morgan fingerprint density at radius 1 is 1.30 bits per heavy atom. The van der Waals surface area contributed by atoms with Crippen molar-refractivity contribution in [2.24, 2.45) is 5.92 Å². The molecule has 1 aliphatic heterocycles. The summed E-state index contributed by atoms with van der Waals surface area (Å²) in [6.45, 7) is 2.29. The van der Waals surface area contributed by atoms with Gasteiger partial charge in [0.2, 0.25) is 5.91 Å². The summed E-state index contributed by atoms with van der Waals surface area (Å²) >= 11 is 7.50. The Morgan fingerprint density at radius 3 is 2.96 bits per heavy atom. The first kappa shape index (κ1) is 18.2. The van der Waals surface area contributed by atoms with Crippen molar-refractivity contribution in [3.8, 4) is 0 Å². The van der Waals surface area contributed by atoms with Gasteiger partial charge in [0.05, 0.1) is 5.92 Å². The second kappa shape index (κ2) is 8.23. The number of hydrogen-bond donors (Lipinski definition) is 1. The number of pyridine rings is 1. The average Bonchev–Trinajstić information content (AvgIpc) is 3.14. The van der Waals surface area contributed by atoms with Crippen LogP contribution in [0.15, 0.2) is 42.6 Å². The van der Waals surface area contributed by atoms with Crippen molar-refractivity contribution in [2.45, 2.75) is 19.3 Å². The summed E-state index contributed by atoms with van der Waals surface area (Å²) in [6, 6.07) is 11.6. The molecule has 2 aromatic heterocycles. The minimum absolute atomic E-state index is 0.00365. The lowest BCUT2D eigenvalue weighted by Crippen LogP contribution is -2.43. The number of hydrogen-bond acceptors (Lipinski definition) is 5. The van der Waals surface area contributed by atoms with Gasteiger partial charge in [-0.15, -0.1) is 0 Å². The molecule has 140 valence electrons. The number of piperidine rings is 1. The number of benzene rings is 1. The molecule has 1 saturated heterocycles. The topological polar surface area (TPSA) is 58.1 Å². The molecule has 1 atom stereocenters. The third-order valence-corrected chi connectivity index (χ3v) is 6.14. The fourth-order valence-corrected chi connectivity index (χ4v) is 4.45. The molecule has 1 aliphatic rings. The van der Waals surface area contributed by atoms with E-state index in [1.54, 1.807) is 17.5 Å². The summed E-state index contributed by atoms with van der Waals surface area (Å²) in [6.07, 6.45) is 4.52. The van der Waals surface area contributed by atoms with E-state index in [0.717, 1.165) is 46.3 Å². The van der Waals surface area contributed by atoms with Gasteiger partial charge in [0.15, 0.2) is 5.13 Å². The van der Waals surface area contributed by atoms with Crippen molar-refractivity contribution >= 4 is 44.3 Å². The van der Waals surface area contributed by atoms with Crippen LogP contribution in [0.5, 0.6) is 0 Å². The minimum Gasteiger partial charge on any atom is -0.355 e. The van der Waals surface area contributed by atoms with Gasteiger partial charge in [-0.2, -0.15) is 0 Å². The largest absolute Gasteiger partial charge is 0.355 e. The molecule has 1 aromatic carbocycles. The third-order valence-electron chi connectivity index (χ3n) is 4.84. The Bertz CT molecular complexity index is 894. The molecule has 1 unspecified atom stereocenters. The summed E-state index contributed by atoms with van der Waals surface area (Å²) < 4.78 is 0. The van der Waals surface area contributed by atoms with E-state index in [9.17, 15) is 4.79 Å². The van der Waals surface area contributed by atoms with Gasteiger partial charge in [0.1, 0.15) is 10.3 Å². The Morgan fingerprint density at radius 2 is 2.15 bits per heavy atom. The summed E-state index contributed by atoms with van der Waals surface area (Å²) in [5.74, 6) is 0.136. The highest BCUT2D eigenvalue weighted by molar-refractivity contribution is 7.21. The van der Waals surface area contributed by atoms with E-state index in [1.165, 1.54) is 5.56 Å². The number of nitrogens with zero attached hydrogens (tertiary/aromatic N) is 3. The number of carbonyl (C=O) groups is 1. The van der Waals surface area contributed by atoms with Gasteiger partial charge in [-0.3, -0.25) is 4.79 Å². The molecule has 7 heteroatoms. The number of thiazole rings is 1. The van der Waals surface area contributed by atoms with Crippen molar-refractivity contribution in [2.75, 3.05) is 24.5 Å². The maximum atomic E-state index is 12.6. The molecule has 0 saturated carbocycles. The van der Waals surface area contributed by atoms with Crippen LogP contribution >= 0.6 is 22.9 Å². The highest BCUT2D eigenvalue weighted by atomic mass is 35.5. The molecule has 1 N–H and O–H groups in total. The summed E-state index contributed by atoms with van der Waals surface area (Å²) in [7, 11) is 0. The van der Waals surface area contributed by atoms with E-state index >= 15 is 0 Å². The van der Waals surface area contributed by atoms with E-state index in [0.29, 0.717) is 13.1 Å². The van der Waals surface area contributed by atoms with Gasteiger partial charge in [-0.1, -0.05) is 35.1 Å². The van der Waals surface area contributed by atoms with Crippen LogP contribution < -0.4 is 10.2 Å². The fraction of sp³-hybridized carbons (Fsp3) is 0.350. The molecular formula is C20H21ClN4OS. The van der Waals surface area contributed by atoms with Gasteiger partial charge in [-0.25, -0.2) is 9.97 Å². The minimum atomic E-state index is 0.00365. The number of aromatic nitrogens is 2. The maximum Gasteiger partial charge on any atom is 0.224 e. The summed E-state index contributed by atoms with van der Waals surface area (Å²) in [5, 5.41) is 4.78. The number of amides is 1. The number of fused-ring (bicyclic) bond motifs is 1. The van der Waals surface area contributed by atoms with Gasteiger partial charge in [0, 0.05) is 30.9 Å². The predicted octanol–water partition coefficient (Wildman–Crippen LogP) is 3.92. The highest BCUT2D eigenvalue weighted by Crippen LogP contribution is 2.30. The fourth-order valence-electron chi connectivity index (χ4n) is 3.38. The van der Waals surface area contributed by atoms with Gasteiger partial charge >= 0.3 is 0 Å². The first-order valence-corrected chi connectivity index (χ1v) is 10.4. The van der Waals surface area contributed by atoms with Crippen LogP contribution in [0.25, 0.3) is 10.3 Å². The highest BCUT2D eigenvalue weighted by Gasteiger charge is 2.27. The molecule has 3 aromatic rings. The molecule has 3 heterocycles. The summed E-state index contributed by atoms with van der Waals surface area (Å²) in [5.41, 5.74) is 2.10. The Hall–Kier alpha value is -2.18. The quantitative estimate of drug-likeness (QED) is 0.705. The van der Waals surface area contributed by atoms with Crippen LogP contribution in [-0.2, 0) is 11.2 Å². The zero-order valence-corrected chi connectivity index (χ0v) is 16.5. The second-order valence-electron chi connectivity index (χ2n) is 6.78. The molecular weight excluding hydrogens is 380 g/mol. The SMILES string of the molecule is O=C(NCCc1ccc(Cl)cc1)C1CCCN(c2nc3cccnc3s2)C1. The van der Waals surface area contributed by atoms with Gasteiger partial charge < -0.3 is 10.2 Å². The van der Waals surface area contributed by atoms with Crippen LogP contribution in [0.2, 0.25) is 5.02 Å². The standard InChI is InChI=1S/C20H21ClN4OS/c21-16-7-5-14(6-8-16)9-11-22-18(26)15-3-2-12-25(13-15)20-24-17-4-1-10-23-19(17)27-20/h1,4-8,10,15H,2-3,9,11-13H2,(H,22,26). The number of halogens is 1. The zero-order chi connectivity index (χ0) is 18.6. The predicted molar refractivity (Wildman–Crippen MR) is 111 cm³/mol. The van der Waals surface area contributed by atoms with Crippen LogP contribution in [0, 0.1) is 5.92 Å². The van der Waals surface area contributed by atoms with Crippen molar-refractivity contribution in [1.29, 1.82) is 0 Å². The monoisotopic (exact) mass is 400 g/mol. The lowest BCUT2D eigenvalue weighted by Gasteiger charge is -2.31. The molecule has 0 radical (unpaired) electrons. The summed E-state index contributed by atoms with van der Waals surface area (Å²) in [4.78, 5) is 24.8.